The highest BCUT2D eigenvalue weighted by atomic mass is 16.5. The first-order valence-electron chi connectivity index (χ1n) is 4.55. The number of ether oxygens (including phenoxy) is 1. The molecule has 3 nitrogen and oxygen atoms in total. The highest BCUT2D eigenvalue weighted by Crippen LogP contribution is 2.48. The second-order valence-electron chi connectivity index (χ2n) is 4.01. The molecule has 2 aliphatic rings. The molecule has 0 aromatic heterocycles. The van der Waals surface area contributed by atoms with E-state index in [9.17, 15) is 4.79 Å². The van der Waals surface area contributed by atoms with Crippen molar-refractivity contribution in [3.63, 3.8) is 0 Å². The van der Waals surface area contributed by atoms with Crippen LogP contribution in [-0.4, -0.2) is 19.1 Å². The Bertz CT molecular complexity index is 205. The van der Waals surface area contributed by atoms with Crippen LogP contribution in [0.25, 0.3) is 0 Å². The zero-order chi connectivity index (χ0) is 8.72. The summed E-state index contributed by atoms with van der Waals surface area (Å²) >= 11 is 0. The van der Waals surface area contributed by atoms with Crippen LogP contribution in [0.4, 0.5) is 0 Å². The van der Waals surface area contributed by atoms with E-state index in [-0.39, 0.29) is 11.9 Å². The van der Waals surface area contributed by atoms with E-state index in [2.05, 4.69) is 0 Å². The lowest BCUT2D eigenvalue weighted by atomic mass is 9.72. The van der Waals surface area contributed by atoms with E-state index in [1.807, 2.05) is 0 Å². The van der Waals surface area contributed by atoms with Gasteiger partial charge in [0.1, 0.15) is 0 Å². The van der Waals surface area contributed by atoms with Crippen LogP contribution in [0.1, 0.15) is 19.3 Å². The average Bonchev–Trinajstić information content (AvgIpc) is 2.41. The Morgan fingerprint density at radius 3 is 2.67 bits per heavy atom. The van der Waals surface area contributed by atoms with Crippen LogP contribution in [0, 0.1) is 17.8 Å². The molecule has 0 aliphatic heterocycles. The number of carbonyl (C=O) groups excluding carboxylic acids is 1. The fourth-order valence-electron chi connectivity index (χ4n) is 2.64. The molecule has 0 heterocycles. The van der Waals surface area contributed by atoms with Crippen LogP contribution >= 0.6 is 0 Å². The lowest BCUT2D eigenvalue weighted by Gasteiger charge is -2.37. The lowest BCUT2D eigenvalue weighted by Crippen LogP contribution is -2.44. The highest BCUT2D eigenvalue weighted by molar-refractivity contribution is 5.72. The number of methoxy groups -OCH3 is 1. The van der Waals surface area contributed by atoms with Gasteiger partial charge in [-0.3, -0.25) is 4.79 Å². The van der Waals surface area contributed by atoms with Crippen molar-refractivity contribution in [1.82, 2.24) is 0 Å². The van der Waals surface area contributed by atoms with Crippen LogP contribution in [0.3, 0.4) is 0 Å². The molecule has 0 spiro atoms. The molecule has 2 aliphatic carbocycles. The van der Waals surface area contributed by atoms with E-state index in [4.69, 9.17) is 10.5 Å². The van der Waals surface area contributed by atoms with E-state index < -0.39 is 0 Å². The summed E-state index contributed by atoms with van der Waals surface area (Å²) in [4.78, 5) is 11.2. The lowest BCUT2D eigenvalue weighted by molar-refractivity contribution is -0.145. The topological polar surface area (TPSA) is 52.3 Å². The molecule has 0 radical (unpaired) electrons. The Kier molecular flexibility index (Phi) is 1.83. The summed E-state index contributed by atoms with van der Waals surface area (Å²) < 4.78 is 4.71. The molecule has 0 aromatic carbocycles. The van der Waals surface area contributed by atoms with Crippen LogP contribution < -0.4 is 5.73 Å². The van der Waals surface area contributed by atoms with E-state index in [1.165, 1.54) is 7.11 Å². The molecule has 1 unspecified atom stereocenters. The number of fused-ring (bicyclic) bond motifs is 1. The Balaban J connectivity index is 1.94. The fourth-order valence-corrected chi connectivity index (χ4v) is 2.64. The number of hydrogen-bond acceptors (Lipinski definition) is 3. The van der Waals surface area contributed by atoms with Gasteiger partial charge in [-0.25, -0.2) is 0 Å². The number of rotatable bonds is 1. The van der Waals surface area contributed by atoms with Crippen LogP contribution in [-0.2, 0) is 9.53 Å². The second-order valence-corrected chi connectivity index (χ2v) is 4.01. The van der Waals surface area contributed by atoms with Crippen molar-refractivity contribution >= 4 is 5.97 Å². The van der Waals surface area contributed by atoms with Crippen LogP contribution in [0.2, 0.25) is 0 Å². The van der Waals surface area contributed by atoms with Gasteiger partial charge in [0.2, 0.25) is 0 Å². The number of carbonyl (C=O) groups is 1. The Morgan fingerprint density at radius 1 is 1.42 bits per heavy atom. The van der Waals surface area contributed by atoms with Gasteiger partial charge in [0.25, 0.3) is 0 Å². The minimum Gasteiger partial charge on any atom is -0.469 e. The monoisotopic (exact) mass is 169 g/mol. The predicted octanol–water partition coefficient (Wildman–Crippen LogP) is 0.533. The van der Waals surface area contributed by atoms with Gasteiger partial charge in [0.05, 0.1) is 13.0 Å². The molecule has 0 aromatic rings. The third kappa shape index (κ3) is 1.04. The van der Waals surface area contributed by atoms with Crippen LogP contribution in [0.15, 0.2) is 0 Å². The maximum Gasteiger partial charge on any atom is 0.308 e. The van der Waals surface area contributed by atoms with E-state index in [1.54, 1.807) is 0 Å². The van der Waals surface area contributed by atoms with Crippen molar-refractivity contribution in [3.05, 3.63) is 0 Å². The van der Waals surface area contributed by atoms with E-state index in [0.29, 0.717) is 17.9 Å². The van der Waals surface area contributed by atoms with Gasteiger partial charge < -0.3 is 10.5 Å². The molecule has 2 N–H and O–H groups in total. The first-order valence-corrected chi connectivity index (χ1v) is 4.55. The third-order valence-corrected chi connectivity index (χ3v) is 3.41. The third-order valence-electron chi connectivity index (χ3n) is 3.41. The van der Waals surface area contributed by atoms with Gasteiger partial charge in [-0.15, -0.1) is 0 Å². The normalized spacial score (nSPS) is 44.8. The second kappa shape index (κ2) is 2.73. The summed E-state index contributed by atoms with van der Waals surface area (Å²) in [5.41, 5.74) is 5.82. The Hall–Kier alpha value is -0.570. The van der Waals surface area contributed by atoms with Gasteiger partial charge in [-0.2, -0.15) is 0 Å². The molecule has 2 fully saturated rings. The van der Waals surface area contributed by atoms with Gasteiger partial charge in [-0.1, -0.05) is 0 Å². The Labute approximate surface area is 72.3 Å². The molecule has 0 amide bonds. The van der Waals surface area contributed by atoms with E-state index >= 15 is 0 Å². The molecule has 0 bridgehead atoms. The van der Waals surface area contributed by atoms with Crippen molar-refractivity contribution in [2.75, 3.05) is 7.11 Å². The first kappa shape index (κ1) is 8.05. The molecule has 3 heteroatoms. The predicted molar refractivity (Wildman–Crippen MR) is 44.3 cm³/mol. The zero-order valence-electron chi connectivity index (χ0n) is 7.32. The largest absolute Gasteiger partial charge is 0.469 e. The molecular formula is C9H15NO2. The molecular weight excluding hydrogens is 154 g/mol. The number of esters is 1. The summed E-state index contributed by atoms with van der Waals surface area (Å²) in [5, 5.41) is 0. The molecule has 2 rings (SSSR count). The van der Waals surface area contributed by atoms with Crippen LogP contribution in [0.5, 0.6) is 0 Å². The van der Waals surface area contributed by atoms with Crippen molar-refractivity contribution in [1.29, 1.82) is 0 Å². The molecule has 68 valence electrons. The number of nitrogens with two attached hydrogens (primary N) is 1. The van der Waals surface area contributed by atoms with Crippen molar-refractivity contribution in [2.45, 2.75) is 25.3 Å². The fraction of sp³-hybridized carbons (Fsp3) is 0.889. The SMILES string of the molecule is COC(=O)C1C[C@H]2C[C@H](N)[C@H]2C1. The minimum absolute atomic E-state index is 0.0448. The summed E-state index contributed by atoms with van der Waals surface area (Å²) in [7, 11) is 1.46. The highest BCUT2D eigenvalue weighted by Gasteiger charge is 2.48. The summed E-state index contributed by atoms with van der Waals surface area (Å²) in [6.07, 6.45) is 3.07. The van der Waals surface area contributed by atoms with Gasteiger partial charge >= 0.3 is 5.97 Å². The first-order chi connectivity index (χ1) is 5.72. The Morgan fingerprint density at radius 2 is 2.17 bits per heavy atom. The van der Waals surface area contributed by atoms with Crippen molar-refractivity contribution in [2.24, 2.45) is 23.5 Å². The molecule has 12 heavy (non-hydrogen) atoms. The molecule has 4 atom stereocenters. The average molecular weight is 169 g/mol. The molecule has 2 saturated carbocycles. The molecule has 0 saturated heterocycles. The van der Waals surface area contributed by atoms with Gasteiger partial charge in [0, 0.05) is 6.04 Å². The maximum absolute atomic E-state index is 11.2. The van der Waals surface area contributed by atoms with Crippen molar-refractivity contribution in [3.8, 4) is 0 Å². The quantitative estimate of drug-likeness (QED) is 0.583. The van der Waals surface area contributed by atoms with Gasteiger partial charge in [-0.05, 0) is 31.1 Å². The van der Waals surface area contributed by atoms with Crippen molar-refractivity contribution < 1.29 is 9.53 Å². The summed E-state index contributed by atoms with van der Waals surface area (Å²) in [5.74, 6) is 1.41. The summed E-state index contributed by atoms with van der Waals surface area (Å²) in [6, 6.07) is 0.352. The van der Waals surface area contributed by atoms with Gasteiger partial charge in [0.15, 0.2) is 0 Å². The number of hydrogen-bond donors (Lipinski definition) is 1. The zero-order valence-corrected chi connectivity index (χ0v) is 7.32. The smallest absolute Gasteiger partial charge is 0.308 e. The standard InChI is InChI=1S/C9H15NO2/c1-12-9(11)6-2-5-4-8(10)7(5)3-6/h5-8H,2-4,10H2,1H3/t5-,6?,7-,8-/m0/s1. The van der Waals surface area contributed by atoms with E-state index in [0.717, 1.165) is 19.3 Å². The summed E-state index contributed by atoms with van der Waals surface area (Å²) in [6.45, 7) is 0. The minimum atomic E-state index is -0.0448. The maximum atomic E-state index is 11.2.